The van der Waals surface area contributed by atoms with Gasteiger partial charge in [-0.05, 0) is 55.3 Å². The molecule has 22 heavy (non-hydrogen) atoms. The van der Waals surface area contributed by atoms with Gasteiger partial charge in [-0.1, -0.05) is 22.0 Å². The van der Waals surface area contributed by atoms with Crippen molar-refractivity contribution in [3.8, 4) is 5.75 Å². The molecule has 5 heteroatoms. The Hall–Kier alpha value is -2.14. The van der Waals surface area contributed by atoms with Crippen LogP contribution in [0, 0.1) is 5.92 Å². The summed E-state index contributed by atoms with van der Waals surface area (Å²) in [5, 5.41) is 2.82. The highest BCUT2D eigenvalue weighted by molar-refractivity contribution is 9.10. The van der Waals surface area contributed by atoms with Crippen molar-refractivity contribution in [1.82, 2.24) is 0 Å². The number of amides is 1. The van der Waals surface area contributed by atoms with E-state index in [1.807, 2.05) is 0 Å². The molecule has 0 aromatic heterocycles. The average Bonchev–Trinajstić information content (AvgIpc) is 3.34. The molecule has 1 aliphatic rings. The third kappa shape index (κ3) is 3.74. The Labute approximate surface area is 136 Å². The maximum absolute atomic E-state index is 12.1. The first kappa shape index (κ1) is 14.8. The Bertz CT molecular complexity index is 708. The second-order valence-corrected chi connectivity index (χ2v) is 6.10. The number of benzene rings is 2. The molecule has 2 aromatic carbocycles. The van der Waals surface area contributed by atoms with E-state index in [0.29, 0.717) is 17.0 Å². The zero-order chi connectivity index (χ0) is 15.5. The van der Waals surface area contributed by atoms with Crippen LogP contribution in [0.3, 0.4) is 0 Å². The molecular formula is C17H14BrNO3. The van der Waals surface area contributed by atoms with Crippen molar-refractivity contribution in [2.24, 2.45) is 5.92 Å². The quantitative estimate of drug-likeness (QED) is 0.662. The molecular weight excluding hydrogens is 346 g/mol. The summed E-state index contributed by atoms with van der Waals surface area (Å²) in [5.41, 5.74) is 1.01. The summed E-state index contributed by atoms with van der Waals surface area (Å²) in [4.78, 5) is 23.9. The molecule has 1 amide bonds. The van der Waals surface area contributed by atoms with Gasteiger partial charge in [-0.3, -0.25) is 4.79 Å². The maximum Gasteiger partial charge on any atom is 0.343 e. The summed E-state index contributed by atoms with van der Waals surface area (Å²) in [5.74, 6) is 0.155. The number of ether oxygens (including phenoxy) is 1. The lowest BCUT2D eigenvalue weighted by Crippen LogP contribution is -2.14. The van der Waals surface area contributed by atoms with E-state index in [1.54, 1.807) is 48.5 Å². The average molecular weight is 360 g/mol. The van der Waals surface area contributed by atoms with Gasteiger partial charge < -0.3 is 10.1 Å². The van der Waals surface area contributed by atoms with Gasteiger partial charge in [-0.2, -0.15) is 0 Å². The Morgan fingerprint density at radius 2 is 1.82 bits per heavy atom. The first-order chi connectivity index (χ1) is 10.6. The van der Waals surface area contributed by atoms with Gasteiger partial charge in [-0.15, -0.1) is 0 Å². The van der Waals surface area contributed by atoms with Gasteiger partial charge >= 0.3 is 5.97 Å². The summed E-state index contributed by atoms with van der Waals surface area (Å²) < 4.78 is 6.22. The largest absolute Gasteiger partial charge is 0.423 e. The van der Waals surface area contributed by atoms with Gasteiger partial charge in [0.05, 0.1) is 5.56 Å². The van der Waals surface area contributed by atoms with Crippen LogP contribution in [0.5, 0.6) is 5.75 Å². The molecule has 1 aliphatic carbocycles. The van der Waals surface area contributed by atoms with Crippen molar-refractivity contribution in [2.45, 2.75) is 12.8 Å². The van der Waals surface area contributed by atoms with E-state index >= 15 is 0 Å². The number of anilines is 1. The molecule has 0 spiro atoms. The SMILES string of the molecule is O=C(Oc1ccc(Br)cc1)c1cccc(NC(=O)C2CC2)c1. The summed E-state index contributed by atoms with van der Waals surface area (Å²) in [7, 11) is 0. The zero-order valence-electron chi connectivity index (χ0n) is 11.7. The Balaban J connectivity index is 1.69. The zero-order valence-corrected chi connectivity index (χ0v) is 13.3. The van der Waals surface area contributed by atoms with Crippen LogP contribution in [0.25, 0.3) is 0 Å². The molecule has 1 fully saturated rings. The minimum atomic E-state index is -0.454. The first-order valence-corrected chi connectivity index (χ1v) is 7.80. The van der Waals surface area contributed by atoms with E-state index in [4.69, 9.17) is 4.74 Å². The fourth-order valence-electron chi connectivity index (χ4n) is 1.98. The number of carbonyl (C=O) groups excluding carboxylic acids is 2. The second-order valence-electron chi connectivity index (χ2n) is 5.19. The monoisotopic (exact) mass is 359 g/mol. The smallest absolute Gasteiger partial charge is 0.343 e. The van der Waals surface area contributed by atoms with Gasteiger partial charge in [0.25, 0.3) is 0 Å². The van der Waals surface area contributed by atoms with Crippen LogP contribution in [0.15, 0.2) is 53.0 Å². The molecule has 0 heterocycles. The van der Waals surface area contributed by atoms with Crippen LogP contribution in [-0.2, 0) is 4.79 Å². The first-order valence-electron chi connectivity index (χ1n) is 7.00. The topological polar surface area (TPSA) is 55.4 Å². The highest BCUT2D eigenvalue weighted by atomic mass is 79.9. The van der Waals surface area contributed by atoms with Crippen LogP contribution >= 0.6 is 15.9 Å². The molecule has 2 aromatic rings. The molecule has 0 aliphatic heterocycles. The maximum atomic E-state index is 12.1. The molecule has 1 N–H and O–H groups in total. The van der Waals surface area contributed by atoms with Crippen LogP contribution in [-0.4, -0.2) is 11.9 Å². The molecule has 0 atom stereocenters. The fourth-order valence-corrected chi connectivity index (χ4v) is 2.25. The number of hydrogen-bond donors (Lipinski definition) is 1. The van der Waals surface area contributed by atoms with Gasteiger partial charge in [-0.25, -0.2) is 4.79 Å². The van der Waals surface area contributed by atoms with E-state index in [-0.39, 0.29) is 11.8 Å². The Morgan fingerprint density at radius 3 is 2.50 bits per heavy atom. The highest BCUT2D eigenvalue weighted by Crippen LogP contribution is 2.30. The lowest BCUT2D eigenvalue weighted by atomic mass is 10.2. The number of halogens is 1. The highest BCUT2D eigenvalue weighted by Gasteiger charge is 2.29. The van der Waals surface area contributed by atoms with E-state index < -0.39 is 5.97 Å². The van der Waals surface area contributed by atoms with Gasteiger partial charge in [0.15, 0.2) is 0 Å². The lowest BCUT2D eigenvalue weighted by Gasteiger charge is -2.07. The molecule has 0 unspecified atom stereocenters. The Morgan fingerprint density at radius 1 is 1.09 bits per heavy atom. The predicted molar refractivity (Wildman–Crippen MR) is 86.9 cm³/mol. The van der Waals surface area contributed by atoms with Crippen molar-refractivity contribution >= 4 is 33.5 Å². The standard InChI is InChI=1S/C17H14BrNO3/c18-13-6-8-15(9-7-13)22-17(21)12-2-1-3-14(10-12)19-16(20)11-4-5-11/h1-3,6-11H,4-5H2,(H,19,20). The summed E-state index contributed by atoms with van der Waals surface area (Å²) in [6, 6.07) is 13.8. The van der Waals surface area contributed by atoms with Crippen molar-refractivity contribution in [3.05, 3.63) is 58.6 Å². The normalized spacial score (nSPS) is 13.5. The molecule has 112 valence electrons. The molecule has 1 saturated carbocycles. The molecule has 0 bridgehead atoms. The number of esters is 1. The van der Waals surface area contributed by atoms with E-state index in [1.165, 1.54) is 0 Å². The number of rotatable bonds is 4. The molecule has 0 saturated heterocycles. The minimum Gasteiger partial charge on any atom is -0.423 e. The van der Waals surface area contributed by atoms with Crippen LogP contribution in [0.4, 0.5) is 5.69 Å². The third-order valence-corrected chi connectivity index (χ3v) is 3.87. The number of carbonyl (C=O) groups is 2. The van der Waals surface area contributed by atoms with Gasteiger partial charge in [0.2, 0.25) is 5.91 Å². The summed E-state index contributed by atoms with van der Waals surface area (Å²) >= 11 is 3.33. The summed E-state index contributed by atoms with van der Waals surface area (Å²) in [6.07, 6.45) is 1.88. The molecule has 0 radical (unpaired) electrons. The van der Waals surface area contributed by atoms with E-state index in [0.717, 1.165) is 17.3 Å². The van der Waals surface area contributed by atoms with Crippen LogP contribution in [0.1, 0.15) is 23.2 Å². The minimum absolute atomic E-state index is 0.0124. The predicted octanol–water partition coefficient (Wildman–Crippen LogP) is 4.02. The van der Waals surface area contributed by atoms with Gasteiger partial charge in [0.1, 0.15) is 5.75 Å². The van der Waals surface area contributed by atoms with E-state index in [9.17, 15) is 9.59 Å². The van der Waals surface area contributed by atoms with Crippen molar-refractivity contribution < 1.29 is 14.3 Å². The lowest BCUT2D eigenvalue weighted by molar-refractivity contribution is -0.117. The van der Waals surface area contributed by atoms with Crippen molar-refractivity contribution in [3.63, 3.8) is 0 Å². The third-order valence-electron chi connectivity index (χ3n) is 3.34. The van der Waals surface area contributed by atoms with Crippen LogP contribution < -0.4 is 10.1 Å². The molecule has 4 nitrogen and oxygen atoms in total. The molecule has 3 rings (SSSR count). The van der Waals surface area contributed by atoms with Crippen molar-refractivity contribution in [2.75, 3.05) is 5.32 Å². The van der Waals surface area contributed by atoms with Gasteiger partial charge in [0, 0.05) is 16.1 Å². The second kappa shape index (κ2) is 6.32. The van der Waals surface area contributed by atoms with E-state index in [2.05, 4.69) is 21.2 Å². The summed E-state index contributed by atoms with van der Waals surface area (Å²) in [6.45, 7) is 0. The Kier molecular flexibility index (Phi) is 4.24. The van der Waals surface area contributed by atoms with Crippen LogP contribution in [0.2, 0.25) is 0 Å². The fraction of sp³-hybridized carbons (Fsp3) is 0.176. The number of hydrogen-bond acceptors (Lipinski definition) is 3. The number of nitrogens with one attached hydrogen (secondary N) is 1. The van der Waals surface area contributed by atoms with Crippen molar-refractivity contribution in [1.29, 1.82) is 0 Å².